The summed E-state index contributed by atoms with van der Waals surface area (Å²) in [4.78, 5) is 0. The molecule has 2 aromatic heterocycles. The van der Waals surface area contributed by atoms with Crippen LogP contribution in [0.25, 0.3) is 22.8 Å². The smallest absolute Gasteiger partial charge is 0.248 e. The number of nitrogens with zero attached hydrogens (tertiary/aromatic N) is 5. The molecule has 4 rings (SSSR count). The number of halogens is 1. The Labute approximate surface area is 181 Å². The second-order valence-corrected chi connectivity index (χ2v) is 8.14. The van der Waals surface area contributed by atoms with Gasteiger partial charge in [0.05, 0.1) is 11.3 Å². The molecular weight excluding hydrogens is 450 g/mol. The van der Waals surface area contributed by atoms with Crippen molar-refractivity contribution in [3.63, 3.8) is 0 Å². The first-order valence-electron chi connectivity index (χ1n) is 8.97. The van der Waals surface area contributed by atoms with Crippen LogP contribution >= 0.6 is 27.7 Å². The molecule has 0 atom stereocenters. The molecule has 0 amide bonds. The van der Waals surface area contributed by atoms with Crippen LogP contribution in [0.2, 0.25) is 0 Å². The fourth-order valence-corrected chi connectivity index (χ4v) is 4.11. The van der Waals surface area contributed by atoms with Crippen LogP contribution in [0, 0.1) is 6.92 Å². The van der Waals surface area contributed by atoms with E-state index in [0.29, 0.717) is 24.1 Å². The summed E-state index contributed by atoms with van der Waals surface area (Å²) in [7, 11) is 0. The molecule has 29 heavy (non-hydrogen) atoms. The fourth-order valence-electron chi connectivity index (χ4n) is 2.87. The molecule has 0 unspecified atom stereocenters. The molecule has 0 N–H and O–H groups in total. The van der Waals surface area contributed by atoms with Gasteiger partial charge in [0.1, 0.15) is 0 Å². The lowest BCUT2D eigenvalue weighted by molar-refractivity contribution is 0.528. The molecule has 0 aliphatic rings. The first kappa shape index (κ1) is 19.6. The quantitative estimate of drug-likeness (QED) is 0.262. The Balaban J connectivity index is 1.55. The lowest BCUT2D eigenvalue weighted by atomic mass is 10.1. The van der Waals surface area contributed by atoms with Crippen LogP contribution < -0.4 is 0 Å². The van der Waals surface area contributed by atoms with Gasteiger partial charge in [-0.05, 0) is 41.1 Å². The maximum Gasteiger partial charge on any atom is 0.248 e. The van der Waals surface area contributed by atoms with Gasteiger partial charge in [0, 0.05) is 16.6 Å². The maximum atomic E-state index is 5.83. The van der Waals surface area contributed by atoms with Gasteiger partial charge in [-0.3, -0.25) is 4.57 Å². The summed E-state index contributed by atoms with van der Waals surface area (Å²) >= 11 is 5.02. The van der Waals surface area contributed by atoms with Gasteiger partial charge in [-0.1, -0.05) is 53.7 Å². The number of hydrogen-bond donors (Lipinski definition) is 0. The lowest BCUT2D eigenvalue weighted by Crippen LogP contribution is -2.01. The first-order chi connectivity index (χ1) is 14.2. The van der Waals surface area contributed by atoms with Gasteiger partial charge in [0.2, 0.25) is 11.8 Å². The highest BCUT2D eigenvalue weighted by Gasteiger charge is 2.16. The second-order valence-electron chi connectivity index (χ2n) is 6.34. The third-order valence-electron chi connectivity index (χ3n) is 4.20. The van der Waals surface area contributed by atoms with Crippen LogP contribution in [-0.4, -0.2) is 25.0 Å². The third-order valence-corrected chi connectivity index (χ3v) is 5.84. The number of thioether (sulfide) groups is 1. The zero-order chi connectivity index (χ0) is 20.2. The van der Waals surface area contributed by atoms with Crippen molar-refractivity contribution in [2.24, 2.45) is 0 Å². The molecule has 0 saturated carbocycles. The van der Waals surface area contributed by atoms with E-state index in [1.807, 2.05) is 47.0 Å². The van der Waals surface area contributed by atoms with E-state index in [1.165, 1.54) is 17.3 Å². The van der Waals surface area contributed by atoms with Crippen molar-refractivity contribution in [1.82, 2.24) is 25.0 Å². The van der Waals surface area contributed by atoms with Gasteiger partial charge < -0.3 is 4.42 Å². The number of allylic oxidation sites excluding steroid dienone is 1. The molecule has 0 radical (unpaired) electrons. The van der Waals surface area contributed by atoms with E-state index in [1.54, 1.807) is 0 Å². The Kier molecular flexibility index (Phi) is 5.92. The average Bonchev–Trinajstić information content (AvgIpc) is 3.34. The number of rotatable bonds is 7. The highest BCUT2D eigenvalue weighted by Crippen LogP contribution is 2.30. The van der Waals surface area contributed by atoms with E-state index < -0.39 is 0 Å². The van der Waals surface area contributed by atoms with Gasteiger partial charge in [-0.15, -0.1) is 27.0 Å². The summed E-state index contributed by atoms with van der Waals surface area (Å²) in [5, 5.41) is 17.9. The highest BCUT2D eigenvalue weighted by atomic mass is 79.9. The Morgan fingerprint density at radius 2 is 1.97 bits per heavy atom. The fraction of sp³-hybridized carbons (Fsp3) is 0.143. The standard InChI is InChI=1S/C21H18BrN5OS/c1-3-11-27-19(15-8-6-7-14(2)12-15)24-26-21(27)29-13-18-23-25-20(28-18)16-9-4-5-10-17(16)22/h3-10,12H,1,11,13H2,2H3. The minimum Gasteiger partial charge on any atom is -0.420 e. The topological polar surface area (TPSA) is 69.6 Å². The zero-order valence-corrected chi connectivity index (χ0v) is 18.2. The average molecular weight is 468 g/mol. The van der Waals surface area contributed by atoms with E-state index in [0.717, 1.165) is 26.6 Å². The minimum atomic E-state index is 0.487. The molecule has 0 aliphatic heterocycles. The van der Waals surface area contributed by atoms with E-state index >= 15 is 0 Å². The van der Waals surface area contributed by atoms with Gasteiger partial charge in [0.25, 0.3) is 0 Å². The summed E-state index contributed by atoms with van der Waals surface area (Å²) in [5.74, 6) is 2.34. The van der Waals surface area contributed by atoms with Gasteiger partial charge >= 0.3 is 0 Å². The largest absolute Gasteiger partial charge is 0.420 e. The van der Waals surface area contributed by atoms with Gasteiger partial charge in [-0.25, -0.2) is 0 Å². The van der Waals surface area contributed by atoms with Gasteiger partial charge in [-0.2, -0.15) is 0 Å². The summed E-state index contributed by atoms with van der Waals surface area (Å²) in [6, 6.07) is 16.0. The van der Waals surface area contributed by atoms with Gasteiger partial charge in [0.15, 0.2) is 11.0 Å². The van der Waals surface area contributed by atoms with Crippen LogP contribution in [0.15, 0.2) is 75.2 Å². The molecule has 146 valence electrons. The predicted octanol–water partition coefficient (Wildman–Crippen LogP) is 5.54. The van der Waals surface area contributed by atoms with E-state index in [2.05, 4.69) is 62.0 Å². The molecule has 0 fully saturated rings. The molecule has 2 heterocycles. The van der Waals surface area contributed by atoms with Crippen molar-refractivity contribution in [3.8, 4) is 22.8 Å². The Morgan fingerprint density at radius 3 is 2.76 bits per heavy atom. The summed E-state index contributed by atoms with van der Waals surface area (Å²) in [6.07, 6.45) is 1.84. The van der Waals surface area contributed by atoms with Crippen LogP contribution in [0.4, 0.5) is 0 Å². The van der Waals surface area contributed by atoms with Crippen molar-refractivity contribution in [2.45, 2.75) is 24.4 Å². The normalized spacial score (nSPS) is 11.0. The zero-order valence-electron chi connectivity index (χ0n) is 15.7. The molecule has 4 aromatic rings. The molecule has 0 spiro atoms. The minimum absolute atomic E-state index is 0.487. The molecule has 8 heteroatoms. The monoisotopic (exact) mass is 467 g/mol. The van der Waals surface area contributed by atoms with E-state index in [9.17, 15) is 0 Å². The van der Waals surface area contributed by atoms with Crippen LogP contribution in [0.3, 0.4) is 0 Å². The van der Waals surface area contributed by atoms with Crippen molar-refractivity contribution >= 4 is 27.7 Å². The number of aryl methyl sites for hydroxylation is 1. The van der Waals surface area contributed by atoms with Crippen LogP contribution in [-0.2, 0) is 12.3 Å². The molecular formula is C21H18BrN5OS. The summed E-state index contributed by atoms with van der Waals surface area (Å²) in [6.45, 7) is 6.54. The second kappa shape index (κ2) is 8.75. The van der Waals surface area contributed by atoms with E-state index in [-0.39, 0.29) is 0 Å². The predicted molar refractivity (Wildman–Crippen MR) is 117 cm³/mol. The number of aromatic nitrogens is 5. The first-order valence-corrected chi connectivity index (χ1v) is 10.7. The molecule has 2 aromatic carbocycles. The Hall–Kier alpha value is -2.71. The van der Waals surface area contributed by atoms with Crippen molar-refractivity contribution in [2.75, 3.05) is 0 Å². The van der Waals surface area contributed by atoms with Crippen LogP contribution in [0.1, 0.15) is 11.5 Å². The third kappa shape index (κ3) is 4.33. The SMILES string of the molecule is C=CCn1c(SCc2nnc(-c3ccccc3Br)o2)nnc1-c1cccc(C)c1. The summed E-state index contributed by atoms with van der Waals surface area (Å²) in [5.41, 5.74) is 3.07. The summed E-state index contributed by atoms with van der Waals surface area (Å²) < 4.78 is 8.78. The molecule has 0 saturated heterocycles. The Bertz CT molecular complexity index is 1150. The highest BCUT2D eigenvalue weighted by molar-refractivity contribution is 9.10. The maximum absolute atomic E-state index is 5.83. The van der Waals surface area contributed by atoms with Crippen molar-refractivity contribution < 1.29 is 4.42 Å². The molecule has 0 aliphatic carbocycles. The molecule has 0 bridgehead atoms. The lowest BCUT2D eigenvalue weighted by Gasteiger charge is -2.07. The number of hydrogen-bond acceptors (Lipinski definition) is 6. The van der Waals surface area contributed by atoms with Crippen LogP contribution in [0.5, 0.6) is 0 Å². The Morgan fingerprint density at radius 1 is 1.10 bits per heavy atom. The van der Waals surface area contributed by atoms with E-state index in [4.69, 9.17) is 4.42 Å². The number of benzene rings is 2. The molecule has 6 nitrogen and oxygen atoms in total. The van der Waals surface area contributed by atoms with Crippen molar-refractivity contribution in [1.29, 1.82) is 0 Å². The van der Waals surface area contributed by atoms with Crippen molar-refractivity contribution in [3.05, 3.63) is 77.1 Å².